The summed E-state index contributed by atoms with van der Waals surface area (Å²) in [5.41, 5.74) is -0.128. The normalized spacial score (nSPS) is 20.3. The standard InChI is InChI=1S/C28H37F2N7O3S/c1-2-16-41(38,39)36-22-11-10-21(29)26(25(22)30)35-28-27-23(32-18-33-28)17-31-24(34-27)5-3-4-19-6-8-20(9-7-19)37-12-14-40-15-13-37/h10-11,17-20,36H,2-9,12-16H2,1H3,(H,32,33,35). The van der Waals surface area contributed by atoms with Gasteiger partial charge in [-0.15, -0.1) is 0 Å². The van der Waals surface area contributed by atoms with Gasteiger partial charge < -0.3 is 10.1 Å². The van der Waals surface area contributed by atoms with Crippen LogP contribution in [0.2, 0.25) is 0 Å². The third-order valence-electron chi connectivity index (χ3n) is 7.89. The third-order valence-corrected chi connectivity index (χ3v) is 9.37. The van der Waals surface area contributed by atoms with Gasteiger partial charge in [-0.25, -0.2) is 37.1 Å². The van der Waals surface area contributed by atoms with E-state index in [-0.39, 0.29) is 17.3 Å². The van der Waals surface area contributed by atoms with E-state index in [0.29, 0.717) is 41.7 Å². The summed E-state index contributed by atoms with van der Waals surface area (Å²) in [6.07, 6.45) is 10.8. The Bertz CT molecular complexity index is 1450. The van der Waals surface area contributed by atoms with Crippen LogP contribution in [0, 0.1) is 17.6 Å². The molecule has 41 heavy (non-hydrogen) atoms. The topological polar surface area (TPSA) is 122 Å². The van der Waals surface area contributed by atoms with E-state index in [1.807, 2.05) is 0 Å². The number of aryl methyl sites for hydroxylation is 1. The van der Waals surface area contributed by atoms with Crippen LogP contribution in [0.15, 0.2) is 24.7 Å². The van der Waals surface area contributed by atoms with Crippen molar-refractivity contribution in [2.45, 2.75) is 64.3 Å². The molecule has 1 saturated carbocycles. The fourth-order valence-electron chi connectivity index (χ4n) is 5.74. The number of morpholine rings is 1. The lowest BCUT2D eigenvalue weighted by atomic mass is 9.82. The molecule has 0 amide bonds. The largest absolute Gasteiger partial charge is 0.379 e. The molecule has 2 aromatic heterocycles. The number of rotatable bonds is 11. The minimum atomic E-state index is -3.77. The smallest absolute Gasteiger partial charge is 0.232 e. The quantitative estimate of drug-likeness (QED) is 0.325. The molecule has 0 unspecified atom stereocenters. The van der Waals surface area contributed by atoms with E-state index in [2.05, 4.69) is 34.9 Å². The molecule has 1 saturated heterocycles. The number of ether oxygens (including phenoxy) is 1. The number of sulfonamides is 1. The fourth-order valence-corrected chi connectivity index (χ4v) is 6.88. The molecule has 1 aliphatic heterocycles. The first-order valence-corrected chi connectivity index (χ1v) is 16.0. The second-order valence-electron chi connectivity index (χ2n) is 10.8. The molecule has 2 N–H and O–H groups in total. The van der Waals surface area contributed by atoms with E-state index >= 15 is 4.39 Å². The maximum atomic E-state index is 15.2. The van der Waals surface area contributed by atoms with E-state index in [1.54, 1.807) is 13.1 Å². The fraction of sp³-hybridized carbons (Fsp3) is 0.571. The second kappa shape index (κ2) is 13.3. The SMILES string of the molecule is CCCS(=O)(=O)Nc1ccc(F)c(Nc2ncnc3cnc(CCCC4CCC(N5CCOCC5)CC4)nc23)c1F. The van der Waals surface area contributed by atoms with Crippen LogP contribution in [-0.4, -0.2) is 71.4 Å². The summed E-state index contributed by atoms with van der Waals surface area (Å²) in [4.78, 5) is 20.0. The maximum Gasteiger partial charge on any atom is 0.232 e. The summed E-state index contributed by atoms with van der Waals surface area (Å²) >= 11 is 0. The first-order chi connectivity index (χ1) is 19.8. The van der Waals surface area contributed by atoms with Gasteiger partial charge in [-0.3, -0.25) is 9.62 Å². The van der Waals surface area contributed by atoms with Crippen LogP contribution in [0.3, 0.4) is 0 Å². The molecular weight excluding hydrogens is 552 g/mol. The highest BCUT2D eigenvalue weighted by atomic mass is 32.2. The molecule has 3 aromatic rings. The van der Waals surface area contributed by atoms with Crippen LogP contribution >= 0.6 is 0 Å². The number of anilines is 3. The van der Waals surface area contributed by atoms with Crippen LogP contribution in [-0.2, 0) is 21.2 Å². The Kier molecular flexibility index (Phi) is 9.56. The predicted octanol–water partition coefficient (Wildman–Crippen LogP) is 4.81. The van der Waals surface area contributed by atoms with Gasteiger partial charge >= 0.3 is 0 Å². The number of nitrogens with zero attached hydrogens (tertiary/aromatic N) is 5. The first kappa shape index (κ1) is 29.5. The number of nitrogens with one attached hydrogen (secondary N) is 2. The number of benzene rings is 1. The highest BCUT2D eigenvalue weighted by Gasteiger charge is 2.27. The summed E-state index contributed by atoms with van der Waals surface area (Å²) in [6, 6.07) is 2.72. The Morgan fingerprint density at radius 3 is 2.61 bits per heavy atom. The van der Waals surface area contributed by atoms with E-state index in [1.165, 1.54) is 32.0 Å². The number of fused-ring (bicyclic) bond motifs is 1. The molecule has 1 aliphatic carbocycles. The van der Waals surface area contributed by atoms with Crippen LogP contribution in [0.1, 0.15) is 57.7 Å². The highest BCUT2D eigenvalue weighted by Crippen LogP contribution is 2.32. The average Bonchev–Trinajstić information content (AvgIpc) is 2.97. The van der Waals surface area contributed by atoms with E-state index < -0.39 is 27.3 Å². The molecule has 13 heteroatoms. The van der Waals surface area contributed by atoms with Gasteiger partial charge in [-0.1, -0.05) is 13.3 Å². The van der Waals surface area contributed by atoms with E-state index in [4.69, 9.17) is 4.74 Å². The Hall–Kier alpha value is -3.03. The molecule has 0 radical (unpaired) electrons. The van der Waals surface area contributed by atoms with Gasteiger partial charge in [0.1, 0.15) is 34.7 Å². The lowest BCUT2D eigenvalue weighted by Gasteiger charge is -2.38. The van der Waals surface area contributed by atoms with Crippen molar-refractivity contribution in [3.63, 3.8) is 0 Å². The third kappa shape index (κ3) is 7.44. The summed E-state index contributed by atoms with van der Waals surface area (Å²) in [7, 11) is -3.77. The second-order valence-corrected chi connectivity index (χ2v) is 12.6. The summed E-state index contributed by atoms with van der Waals surface area (Å²) in [5, 5.41) is 2.67. The molecule has 2 aliphatic rings. The Morgan fingerprint density at radius 2 is 1.85 bits per heavy atom. The number of halogens is 2. The van der Waals surface area contributed by atoms with Gasteiger partial charge in [0, 0.05) is 25.6 Å². The van der Waals surface area contributed by atoms with Crippen molar-refractivity contribution in [2.75, 3.05) is 42.1 Å². The molecule has 0 bridgehead atoms. The zero-order valence-electron chi connectivity index (χ0n) is 23.3. The van der Waals surface area contributed by atoms with Crippen LogP contribution in [0.5, 0.6) is 0 Å². The minimum absolute atomic E-state index is 0.103. The lowest BCUT2D eigenvalue weighted by Crippen LogP contribution is -2.45. The van der Waals surface area contributed by atoms with Gasteiger partial charge in [0.15, 0.2) is 11.6 Å². The first-order valence-electron chi connectivity index (χ1n) is 14.4. The molecule has 10 nitrogen and oxygen atoms in total. The lowest BCUT2D eigenvalue weighted by molar-refractivity contribution is 0.00458. The molecule has 0 atom stereocenters. The predicted molar refractivity (Wildman–Crippen MR) is 154 cm³/mol. The number of aromatic nitrogens is 4. The van der Waals surface area contributed by atoms with Gasteiger partial charge in [0.2, 0.25) is 10.0 Å². The average molecular weight is 590 g/mol. The van der Waals surface area contributed by atoms with Crippen LogP contribution < -0.4 is 10.0 Å². The molecule has 2 fully saturated rings. The summed E-state index contributed by atoms with van der Waals surface area (Å²) in [6.45, 7) is 5.45. The zero-order chi connectivity index (χ0) is 28.8. The van der Waals surface area contributed by atoms with Crippen molar-refractivity contribution < 1.29 is 21.9 Å². The molecule has 5 rings (SSSR count). The van der Waals surface area contributed by atoms with Gasteiger partial charge in [0.05, 0.1) is 30.9 Å². The summed E-state index contributed by atoms with van der Waals surface area (Å²) < 4.78 is 61.9. The molecule has 222 valence electrons. The molecule has 1 aromatic carbocycles. The molecule has 3 heterocycles. The van der Waals surface area contributed by atoms with Crippen molar-refractivity contribution >= 4 is 38.2 Å². The maximum absolute atomic E-state index is 15.2. The monoisotopic (exact) mass is 589 g/mol. The molecule has 0 spiro atoms. The van der Waals surface area contributed by atoms with Crippen LogP contribution in [0.25, 0.3) is 11.0 Å². The highest BCUT2D eigenvalue weighted by molar-refractivity contribution is 7.92. The van der Waals surface area contributed by atoms with Crippen molar-refractivity contribution in [3.8, 4) is 0 Å². The van der Waals surface area contributed by atoms with Crippen LogP contribution in [0.4, 0.5) is 26.0 Å². The van der Waals surface area contributed by atoms with E-state index in [9.17, 15) is 12.8 Å². The van der Waals surface area contributed by atoms with Crippen molar-refractivity contribution in [3.05, 3.63) is 42.1 Å². The molecular formula is C28H37F2N7O3S. The van der Waals surface area contributed by atoms with Gasteiger partial charge in [-0.05, 0) is 56.6 Å². The Morgan fingerprint density at radius 1 is 1.07 bits per heavy atom. The summed E-state index contributed by atoms with van der Waals surface area (Å²) in [5.74, 6) is -0.745. The van der Waals surface area contributed by atoms with Crippen molar-refractivity contribution in [1.82, 2.24) is 24.8 Å². The van der Waals surface area contributed by atoms with Crippen molar-refractivity contribution in [2.24, 2.45) is 5.92 Å². The minimum Gasteiger partial charge on any atom is -0.379 e. The van der Waals surface area contributed by atoms with Gasteiger partial charge in [0.25, 0.3) is 0 Å². The van der Waals surface area contributed by atoms with Crippen molar-refractivity contribution in [1.29, 1.82) is 0 Å². The Balaban J connectivity index is 1.23. The number of hydrogen-bond acceptors (Lipinski definition) is 9. The van der Waals surface area contributed by atoms with Gasteiger partial charge in [-0.2, -0.15) is 0 Å². The Labute approximate surface area is 239 Å². The zero-order valence-corrected chi connectivity index (χ0v) is 24.1. The number of hydrogen-bond donors (Lipinski definition) is 2. The van der Waals surface area contributed by atoms with E-state index in [0.717, 1.165) is 51.3 Å².